The molecule has 1 amide bonds. The van der Waals surface area contributed by atoms with Crippen LogP contribution < -0.4 is 5.32 Å². The lowest BCUT2D eigenvalue weighted by Gasteiger charge is -2.26. The predicted octanol–water partition coefficient (Wildman–Crippen LogP) is 0.890. The largest absolute Gasteiger partial charge is 0.443 e. The summed E-state index contributed by atoms with van der Waals surface area (Å²) in [5.41, 5.74) is 1.98. The van der Waals surface area contributed by atoms with Crippen molar-refractivity contribution >= 4 is 17.0 Å². The molecule has 1 fully saturated rings. The zero-order valence-corrected chi connectivity index (χ0v) is 11.2. The number of hydrogen-bond donors (Lipinski definition) is 1. The van der Waals surface area contributed by atoms with Gasteiger partial charge in [-0.2, -0.15) is 0 Å². The molecule has 0 aliphatic carbocycles. The molecule has 1 aromatic heterocycles. The van der Waals surface area contributed by atoms with Crippen molar-refractivity contribution in [2.24, 2.45) is 0 Å². The molecule has 2 aromatic rings. The van der Waals surface area contributed by atoms with Gasteiger partial charge in [0.15, 0.2) is 12.0 Å². The first kappa shape index (κ1) is 13.1. The van der Waals surface area contributed by atoms with Crippen molar-refractivity contribution < 1.29 is 13.9 Å². The topological polar surface area (TPSA) is 67.6 Å². The van der Waals surface area contributed by atoms with Crippen molar-refractivity contribution in [2.45, 2.75) is 0 Å². The van der Waals surface area contributed by atoms with E-state index in [1.165, 1.54) is 6.39 Å². The lowest BCUT2D eigenvalue weighted by atomic mass is 10.2. The van der Waals surface area contributed by atoms with Crippen molar-refractivity contribution in [1.29, 1.82) is 0 Å². The zero-order valence-electron chi connectivity index (χ0n) is 11.2. The molecule has 6 heteroatoms. The van der Waals surface area contributed by atoms with E-state index in [-0.39, 0.29) is 5.91 Å². The zero-order chi connectivity index (χ0) is 13.8. The minimum atomic E-state index is -0.0865. The number of nitrogens with zero attached hydrogens (tertiary/aromatic N) is 2. The summed E-state index contributed by atoms with van der Waals surface area (Å²) in [6.07, 6.45) is 1.38. The first-order chi connectivity index (χ1) is 9.83. The van der Waals surface area contributed by atoms with Gasteiger partial charge in [0, 0.05) is 31.7 Å². The number of carbonyl (C=O) groups excluding carboxylic acids is 1. The Morgan fingerprint density at radius 1 is 1.35 bits per heavy atom. The maximum Gasteiger partial charge on any atom is 0.251 e. The van der Waals surface area contributed by atoms with Crippen LogP contribution in [0.2, 0.25) is 0 Å². The average Bonchev–Trinajstić information content (AvgIpc) is 2.95. The quantitative estimate of drug-likeness (QED) is 0.897. The van der Waals surface area contributed by atoms with E-state index in [1.807, 2.05) is 0 Å². The third kappa shape index (κ3) is 2.97. The minimum absolute atomic E-state index is 0.0865. The summed E-state index contributed by atoms with van der Waals surface area (Å²) in [7, 11) is 0. The molecule has 0 unspecified atom stereocenters. The Labute approximate surface area is 116 Å². The second kappa shape index (κ2) is 6.02. The third-order valence-corrected chi connectivity index (χ3v) is 3.41. The summed E-state index contributed by atoms with van der Waals surface area (Å²) >= 11 is 0. The molecular weight excluding hydrogens is 258 g/mol. The summed E-state index contributed by atoms with van der Waals surface area (Å²) < 4.78 is 10.5. The maximum atomic E-state index is 12.0. The molecule has 1 aromatic carbocycles. The molecule has 1 saturated heterocycles. The Hall–Kier alpha value is -1.92. The van der Waals surface area contributed by atoms with E-state index >= 15 is 0 Å². The number of amides is 1. The first-order valence-corrected chi connectivity index (χ1v) is 6.74. The highest BCUT2D eigenvalue weighted by Crippen LogP contribution is 2.14. The molecule has 0 radical (unpaired) electrons. The van der Waals surface area contributed by atoms with Gasteiger partial charge < -0.3 is 14.5 Å². The van der Waals surface area contributed by atoms with E-state index < -0.39 is 0 Å². The Bertz CT molecular complexity index is 590. The van der Waals surface area contributed by atoms with Crippen molar-refractivity contribution in [3.05, 3.63) is 30.2 Å². The molecule has 0 atom stereocenters. The molecule has 1 aliphatic rings. The van der Waals surface area contributed by atoms with Crippen molar-refractivity contribution in [3.63, 3.8) is 0 Å². The fraction of sp³-hybridized carbons (Fsp3) is 0.429. The molecular formula is C14H17N3O3. The monoisotopic (exact) mass is 275 g/mol. The Morgan fingerprint density at radius 3 is 3.05 bits per heavy atom. The number of oxazole rings is 1. The maximum absolute atomic E-state index is 12.0. The SMILES string of the molecule is O=C(NCCN1CCOCC1)c1ccc2ncoc2c1. The van der Waals surface area contributed by atoms with Crippen molar-refractivity contribution in [3.8, 4) is 0 Å². The summed E-state index contributed by atoms with van der Waals surface area (Å²) in [5.74, 6) is -0.0865. The Balaban J connectivity index is 1.53. The number of benzene rings is 1. The van der Waals surface area contributed by atoms with Crippen molar-refractivity contribution in [2.75, 3.05) is 39.4 Å². The van der Waals surface area contributed by atoms with Crippen LogP contribution in [-0.2, 0) is 4.74 Å². The van der Waals surface area contributed by atoms with Crippen LogP contribution in [0.3, 0.4) is 0 Å². The Kier molecular flexibility index (Phi) is 3.94. The summed E-state index contributed by atoms with van der Waals surface area (Å²) in [6, 6.07) is 5.26. The first-order valence-electron chi connectivity index (χ1n) is 6.74. The van der Waals surface area contributed by atoms with E-state index in [1.54, 1.807) is 18.2 Å². The number of fused-ring (bicyclic) bond motifs is 1. The lowest BCUT2D eigenvalue weighted by Crippen LogP contribution is -2.41. The number of hydrogen-bond acceptors (Lipinski definition) is 5. The molecule has 0 spiro atoms. The number of rotatable bonds is 4. The smallest absolute Gasteiger partial charge is 0.251 e. The molecule has 1 N–H and O–H groups in total. The third-order valence-electron chi connectivity index (χ3n) is 3.41. The molecule has 3 rings (SSSR count). The van der Waals surface area contributed by atoms with Gasteiger partial charge in [0.2, 0.25) is 0 Å². The molecule has 0 bridgehead atoms. The highest BCUT2D eigenvalue weighted by molar-refractivity contribution is 5.96. The number of nitrogens with one attached hydrogen (secondary N) is 1. The van der Waals surface area contributed by atoms with E-state index in [0.717, 1.165) is 38.4 Å². The molecule has 20 heavy (non-hydrogen) atoms. The van der Waals surface area contributed by atoms with Crippen LogP contribution in [0.1, 0.15) is 10.4 Å². The summed E-state index contributed by atoms with van der Waals surface area (Å²) in [6.45, 7) is 4.89. The van der Waals surface area contributed by atoms with E-state index in [0.29, 0.717) is 17.7 Å². The molecule has 2 heterocycles. The van der Waals surface area contributed by atoms with Crippen LogP contribution in [0.4, 0.5) is 0 Å². The Morgan fingerprint density at radius 2 is 2.20 bits per heavy atom. The number of morpholine rings is 1. The van der Waals surface area contributed by atoms with Crippen LogP contribution in [-0.4, -0.2) is 55.2 Å². The van der Waals surface area contributed by atoms with Crippen LogP contribution >= 0.6 is 0 Å². The fourth-order valence-corrected chi connectivity index (χ4v) is 2.25. The summed E-state index contributed by atoms with van der Waals surface area (Å²) in [4.78, 5) is 18.3. The van der Waals surface area contributed by atoms with Gasteiger partial charge >= 0.3 is 0 Å². The van der Waals surface area contributed by atoms with E-state index in [2.05, 4.69) is 15.2 Å². The van der Waals surface area contributed by atoms with Gasteiger partial charge in [0.25, 0.3) is 5.91 Å². The molecule has 6 nitrogen and oxygen atoms in total. The van der Waals surface area contributed by atoms with Gasteiger partial charge in [0.05, 0.1) is 13.2 Å². The summed E-state index contributed by atoms with van der Waals surface area (Å²) in [5, 5.41) is 2.92. The second-order valence-corrected chi connectivity index (χ2v) is 4.74. The van der Waals surface area contributed by atoms with Crippen molar-refractivity contribution in [1.82, 2.24) is 15.2 Å². The van der Waals surface area contributed by atoms with Crippen LogP contribution in [0.15, 0.2) is 29.0 Å². The number of ether oxygens (including phenoxy) is 1. The predicted molar refractivity (Wildman–Crippen MR) is 73.6 cm³/mol. The molecule has 0 saturated carbocycles. The average molecular weight is 275 g/mol. The van der Waals surface area contributed by atoms with Gasteiger partial charge in [-0.05, 0) is 18.2 Å². The second-order valence-electron chi connectivity index (χ2n) is 4.74. The van der Waals surface area contributed by atoms with Gasteiger partial charge in [-0.1, -0.05) is 0 Å². The van der Waals surface area contributed by atoms with E-state index in [4.69, 9.17) is 9.15 Å². The highest BCUT2D eigenvalue weighted by Gasteiger charge is 2.11. The molecule has 106 valence electrons. The van der Waals surface area contributed by atoms with Crippen LogP contribution in [0.5, 0.6) is 0 Å². The number of carbonyl (C=O) groups is 1. The van der Waals surface area contributed by atoms with Gasteiger partial charge in [-0.15, -0.1) is 0 Å². The van der Waals surface area contributed by atoms with Crippen LogP contribution in [0, 0.1) is 0 Å². The highest BCUT2D eigenvalue weighted by atomic mass is 16.5. The minimum Gasteiger partial charge on any atom is -0.443 e. The lowest BCUT2D eigenvalue weighted by molar-refractivity contribution is 0.0383. The van der Waals surface area contributed by atoms with Gasteiger partial charge in [-0.3, -0.25) is 9.69 Å². The van der Waals surface area contributed by atoms with Gasteiger partial charge in [-0.25, -0.2) is 4.98 Å². The van der Waals surface area contributed by atoms with Gasteiger partial charge in [0.1, 0.15) is 5.52 Å². The molecule has 1 aliphatic heterocycles. The van der Waals surface area contributed by atoms with E-state index in [9.17, 15) is 4.79 Å². The standard InChI is InChI=1S/C14H17N3O3/c18-14(15-3-4-17-5-7-19-8-6-17)11-1-2-12-13(9-11)20-10-16-12/h1-2,9-10H,3-8H2,(H,15,18). The van der Waals surface area contributed by atoms with Crippen LogP contribution in [0.25, 0.3) is 11.1 Å². The number of aromatic nitrogens is 1. The fourth-order valence-electron chi connectivity index (χ4n) is 2.25. The normalized spacial score (nSPS) is 16.4.